The van der Waals surface area contributed by atoms with Crippen LogP contribution in [0.2, 0.25) is 0 Å². The largest absolute Gasteiger partial charge is 0.469 e. The lowest BCUT2D eigenvalue weighted by Crippen LogP contribution is -2.23. The topological polar surface area (TPSA) is 55.4 Å². The molecule has 1 amide bonds. The molecule has 0 spiro atoms. The molecule has 0 aromatic rings. The Bertz CT molecular complexity index is 527. The van der Waals surface area contributed by atoms with Crippen molar-refractivity contribution in [3.63, 3.8) is 0 Å². The number of hydrogen-bond acceptors (Lipinski definition) is 3. The number of hydrogen-bond donors (Lipinski definition) is 1. The van der Waals surface area contributed by atoms with E-state index >= 15 is 0 Å². The van der Waals surface area contributed by atoms with E-state index in [9.17, 15) is 9.59 Å². The predicted molar refractivity (Wildman–Crippen MR) is 151 cm³/mol. The van der Waals surface area contributed by atoms with E-state index < -0.39 is 0 Å². The molecule has 0 saturated heterocycles. The van der Waals surface area contributed by atoms with Gasteiger partial charge in [0.05, 0.1) is 7.11 Å². The summed E-state index contributed by atoms with van der Waals surface area (Å²) in [6, 6.07) is 0. The van der Waals surface area contributed by atoms with Crippen molar-refractivity contribution in [2.45, 2.75) is 148 Å². The van der Waals surface area contributed by atoms with Gasteiger partial charge in [-0.25, -0.2) is 0 Å². The molecule has 0 unspecified atom stereocenters. The van der Waals surface area contributed by atoms with Gasteiger partial charge in [-0.3, -0.25) is 9.59 Å². The molecule has 4 heteroatoms. The average molecular weight is 492 g/mol. The minimum absolute atomic E-state index is 0.103. The zero-order valence-corrected chi connectivity index (χ0v) is 23.3. The minimum atomic E-state index is -0.103. The molecule has 0 radical (unpaired) electrons. The molecule has 0 rings (SSSR count). The standard InChI is InChI=1S/C31H57NO3/c1-3-4-5-6-7-8-9-10-11-12-13-14-17-20-23-26-29-32-30(33)27-24-21-18-15-16-19-22-25-28-31(34)35-2/h7-8,10-11H,3-6,9,12-29H2,1-2H3,(H,32,33)/b8-7+,11-10+. The smallest absolute Gasteiger partial charge is 0.305 e. The molecule has 0 saturated carbocycles. The molecule has 204 valence electrons. The van der Waals surface area contributed by atoms with Gasteiger partial charge in [0.2, 0.25) is 5.91 Å². The lowest BCUT2D eigenvalue weighted by atomic mass is 10.1. The summed E-state index contributed by atoms with van der Waals surface area (Å²) in [7, 11) is 1.45. The summed E-state index contributed by atoms with van der Waals surface area (Å²) >= 11 is 0. The molecule has 0 aliphatic heterocycles. The molecule has 4 nitrogen and oxygen atoms in total. The van der Waals surface area contributed by atoms with Crippen molar-refractivity contribution in [3.05, 3.63) is 24.3 Å². The Labute approximate surface area is 217 Å². The fraction of sp³-hybridized carbons (Fsp3) is 0.806. The van der Waals surface area contributed by atoms with Crippen LogP contribution in [0.25, 0.3) is 0 Å². The van der Waals surface area contributed by atoms with Gasteiger partial charge in [0, 0.05) is 19.4 Å². The third-order valence-corrected chi connectivity index (χ3v) is 6.46. The first-order valence-electron chi connectivity index (χ1n) is 14.8. The van der Waals surface area contributed by atoms with Crippen LogP contribution in [0.15, 0.2) is 24.3 Å². The van der Waals surface area contributed by atoms with Crippen molar-refractivity contribution in [3.8, 4) is 0 Å². The monoisotopic (exact) mass is 491 g/mol. The third kappa shape index (κ3) is 28.5. The van der Waals surface area contributed by atoms with E-state index in [0.717, 1.165) is 45.1 Å². The first-order valence-corrected chi connectivity index (χ1v) is 14.8. The maximum absolute atomic E-state index is 11.9. The Morgan fingerprint density at radius 3 is 1.66 bits per heavy atom. The number of carbonyl (C=O) groups excluding carboxylic acids is 2. The van der Waals surface area contributed by atoms with Crippen molar-refractivity contribution in [1.29, 1.82) is 0 Å². The van der Waals surface area contributed by atoms with E-state index in [2.05, 4.69) is 41.3 Å². The lowest BCUT2D eigenvalue weighted by Gasteiger charge is -2.06. The molecule has 0 fully saturated rings. The molecule has 0 aliphatic rings. The van der Waals surface area contributed by atoms with E-state index in [4.69, 9.17) is 0 Å². The number of allylic oxidation sites excluding steroid dienone is 4. The van der Waals surface area contributed by atoms with Crippen LogP contribution in [0.4, 0.5) is 0 Å². The molecule has 35 heavy (non-hydrogen) atoms. The second kappa shape index (κ2) is 28.7. The molecular weight excluding hydrogens is 434 g/mol. The summed E-state index contributed by atoms with van der Waals surface area (Å²) in [5.41, 5.74) is 0. The number of ether oxygens (including phenoxy) is 1. The fourth-order valence-corrected chi connectivity index (χ4v) is 4.15. The number of amides is 1. The van der Waals surface area contributed by atoms with Crippen LogP contribution in [0.1, 0.15) is 148 Å². The van der Waals surface area contributed by atoms with Gasteiger partial charge in [0.1, 0.15) is 0 Å². The van der Waals surface area contributed by atoms with Crippen LogP contribution in [-0.2, 0) is 14.3 Å². The Hall–Kier alpha value is -1.58. The fourth-order valence-electron chi connectivity index (χ4n) is 4.15. The van der Waals surface area contributed by atoms with Crippen molar-refractivity contribution >= 4 is 11.9 Å². The summed E-state index contributed by atoms with van der Waals surface area (Å²) in [5, 5.41) is 3.08. The summed E-state index contributed by atoms with van der Waals surface area (Å²) in [4.78, 5) is 23.0. The van der Waals surface area contributed by atoms with Gasteiger partial charge in [0.15, 0.2) is 0 Å². The van der Waals surface area contributed by atoms with Crippen LogP contribution in [0.3, 0.4) is 0 Å². The zero-order valence-electron chi connectivity index (χ0n) is 23.3. The lowest BCUT2D eigenvalue weighted by molar-refractivity contribution is -0.140. The van der Waals surface area contributed by atoms with Crippen LogP contribution in [0.5, 0.6) is 0 Å². The van der Waals surface area contributed by atoms with E-state index in [1.54, 1.807) is 0 Å². The van der Waals surface area contributed by atoms with Gasteiger partial charge in [0.25, 0.3) is 0 Å². The molecule has 0 aliphatic carbocycles. The Morgan fingerprint density at radius 2 is 1.09 bits per heavy atom. The number of unbranched alkanes of at least 4 members (excludes halogenated alkanes) is 16. The highest BCUT2D eigenvalue weighted by Gasteiger charge is 2.01. The van der Waals surface area contributed by atoms with Gasteiger partial charge in [-0.15, -0.1) is 0 Å². The van der Waals surface area contributed by atoms with E-state index in [1.807, 2.05) is 0 Å². The number of esters is 1. The third-order valence-electron chi connectivity index (χ3n) is 6.46. The van der Waals surface area contributed by atoms with Crippen LogP contribution in [-0.4, -0.2) is 25.5 Å². The van der Waals surface area contributed by atoms with Crippen molar-refractivity contribution in [2.24, 2.45) is 0 Å². The second-order valence-electron chi connectivity index (χ2n) is 9.84. The highest BCUT2D eigenvalue weighted by molar-refractivity contribution is 5.75. The highest BCUT2D eigenvalue weighted by Crippen LogP contribution is 2.11. The first kappa shape index (κ1) is 33.4. The maximum atomic E-state index is 11.9. The number of rotatable bonds is 26. The van der Waals surface area contributed by atoms with Gasteiger partial charge in [-0.2, -0.15) is 0 Å². The molecule has 1 N–H and O–H groups in total. The SMILES string of the molecule is CCCCC/C=C/C/C=C/CCCCCCCCNC(=O)CCCCCCCCCCC(=O)OC. The number of methoxy groups -OCH3 is 1. The van der Waals surface area contributed by atoms with E-state index in [1.165, 1.54) is 97.0 Å². The van der Waals surface area contributed by atoms with Gasteiger partial charge in [-0.05, 0) is 51.4 Å². The first-order chi connectivity index (χ1) is 17.2. The predicted octanol–water partition coefficient (Wildman–Crippen LogP) is 8.99. The normalized spacial score (nSPS) is 11.5. The van der Waals surface area contributed by atoms with Crippen LogP contribution >= 0.6 is 0 Å². The molecule has 0 aromatic carbocycles. The van der Waals surface area contributed by atoms with Crippen LogP contribution in [0, 0.1) is 0 Å². The minimum Gasteiger partial charge on any atom is -0.469 e. The van der Waals surface area contributed by atoms with Crippen molar-refractivity contribution < 1.29 is 14.3 Å². The molecule has 0 atom stereocenters. The molecular formula is C31H57NO3. The summed E-state index contributed by atoms with van der Waals surface area (Å²) in [6.07, 6.45) is 34.5. The molecule has 0 bridgehead atoms. The van der Waals surface area contributed by atoms with Gasteiger partial charge >= 0.3 is 5.97 Å². The number of carbonyl (C=O) groups is 2. The summed E-state index contributed by atoms with van der Waals surface area (Å²) < 4.78 is 4.65. The van der Waals surface area contributed by atoms with Crippen molar-refractivity contribution in [2.75, 3.05) is 13.7 Å². The highest BCUT2D eigenvalue weighted by atomic mass is 16.5. The van der Waals surface area contributed by atoms with Crippen LogP contribution < -0.4 is 5.32 Å². The van der Waals surface area contributed by atoms with Gasteiger partial charge < -0.3 is 10.1 Å². The zero-order chi connectivity index (χ0) is 25.7. The number of nitrogens with one attached hydrogen (secondary N) is 1. The maximum Gasteiger partial charge on any atom is 0.305 e. The quantitative estimate of drug-likeness (QED) is 0.0746. The van der Waals surface area contributed by atoms with Gasteiger partial charge in [-0.1, -0.05) is 108 Å². The molecule has 0 heterocycles. The Balaban J connectivity index is 3.25. The van der Waals surface area contributed by atoms with E-state index in [0.29, 0.717) is 12.8 Å². The summed E-state index contributed by atoms with van der Waals surface area (Å²) in [5.74, 6) is 0.115. The second-order valence-corrected chi connectivity index (χ2v) is 9.84. The summed E-state index contributed by atoms with van der Waals surface area (Å²) in [6.45, 7) is 3.08. The Kier molecular flexibility index (Phi) is 27.4. The van der Waals surface area contributed by atoms with Crippen molar-refractivity contribution in [1.82, 2.24) is 5.32 Å². The Morgan fingerprint density at radius 1 is 0.600 bits per heavy atom. The average Bonchev–Trinajstić information content (AvgIpc) is 2.86. The van der Waals surface area contributed by atoms with E-state index in [-0.39, 0.29) is 11.9 Å². The molecule has 0 aromatic heterocycles.